The number of hydrogen-bond donors (Lipinski definition) is 0. The molecule has 0 aliphatic heterocycles. The highest BCUT2D eigenvalue weighted by atomic mass is 16.6. The van der Waals surface area contributed by atoms with Crippen molar-refractivity contribution < 1.29 is 19.2 Å². The van der Waals surface area contributed by atoms with Crippen LogP contribution in [0.3, 0.4) is 0 Å². The SMILES string of the molecule is CCOC(=O)c1cccc([N+](=O)[O-])c1CC(C)=O. The molecule has 0 saturated carbocycles. The third-order valence-corrected chi connectivity index (χ3v) is 2.27. The van der Waals surface area contributed by atoms with Gasteiger partial charge >= 0.3 is 5.97 Å². The molecule has 0 heterocycles. The molecular weight excluding hydrogens is 238 g/mol. The van der Waals surface area contributed by atoms with Gasteiger partial charge in [-0.05, 0) is 19.9 Å². The highest BCUT2D eigenvalue weighted by molar-refractivity contribution is 5.94. The van der Waals surface area contributed by atoms with E-state index in [1.165, 1.54) is 25.1 Å². The number of benzene rings is 1. The number of ketones is 1. The number of esters is 1. The zero-order chi connectivity index (χ0) is 13.7. The van der Waals surface area contributed by atoms with Gasteiger partial charge in [0.15, 0.2) is 0 Å². The second kappa shape index (κ2) is 5.90. The lowest BCUT2D eigenvalue weighted by Gasteiger charge is -2.07. The summed E-state index contributed by atoms with van der Waals surface area (Å²) in [6.45, 7) is 3.12. The lowest BCUT2D eigenvalue weighted by molar-refractivity contribution is -0.385. The molecular formula is C12H13NO5. The molecule has 6 heteroatoms. The number of Topliss-reactive ketones (excluding diaryl/α,β-unsaturated/α-hetero) is 1. The van der Waals surface area contributed by atoms with Crippen molar-refractivity contribution in [2.75, 3.05) is 6.61 Å². The molecule has 0 aromatic heterocycles. The summed E-state index contributed by atoms with van der Waals surface area (Å²) in [6, 6.07) is 4.08. The van der Waals surface area contributed by atoms with Crippen LogP contribution in [0.1, 0.15) is 29.8 Å². The van der Waals surface area contributed by atoms with E-state index in [4.69, 9.17) is 4.74 Å². The van der Waals surface area contributed by atoms with E-state index in [0.717, 1.165) is 0 Å². The topological polar surface area (TPSA) is 86.5 Å². The Balaban J connectivity index is 3.31. The Labute approximate surface area is 104 Å². The average molecular weight is 251 g/mol. The number of rotatable bonds is 5. The number of nitro groups is 1. The normalized spacial score (nSPS) is 9.89. The summed E-state index contributed by atoms with van der Waals surface area (Å²) in [4.78, 5) is 33.1. The number of carbonyl (C=O) groups excluding carboxylic acids is 2. The van der Waals surface area contributed by atoms with Crippen LogP contribution in [0.4, 0.5) is 5.69 Å². The van der Waals surface area contributed by atoms with Crippen LogP contribution in [0.25, 0.3) is 0 Å². The molecule has 0 radical (unpaired) electrons. The maximum Gasteiger partial charge on any atom is 0.338 e. The maximum absolute atomic E-state index is 11.7. The Bertz CT molecular complexity index is 495. The van der Waals surface area contributed by atoms with Gasteiger partial charge in [0.1, 0.15) is 5.78 Å². The number of hydrogen-bond acceptors (Lipinski definition) is 5. The lowest BCUT2D eigenvalue weighted by atomic mass is 10.0. The molecule has 0 aliphatic rings. The van der Waals surface area contributed by atoms with Gasteiger partial charge in [0.05, 0.1) is 22.7 Å². The molecule has 1 aromatic rings. The third-order valence-electron chi connectivity index (χ3n) is 2.27. The minimum Gasteiger partial charge on any atom is -0.462 e. The van der Waals surface area contributed by atoms with Gasteiger partial charge in [-0.15, -0.1) is 0 Å². The summed E-state index contributed by atoms with van der Waals surface area (Å²) in [5.41, 5.74) is -0.0644. The monoisotopic (exact) mass is 251 g/mol. The van der Waals surface area contributed by atoms with Crippen LogP contribution >= 0.6 is 0 Å². The first-order valence-corrected chi connectivity index (χ1v) is 5.40. The van der Waals surface area contributed by atoms with E-state index in [1.807, 2.05) is 0 Å². The van der Waals surface area contributed by atoms with Gasteiger partial charge in [-0.1, -0.05) is 6.07 Å². The maximum atomic E-state index is 11.7. The standard InChI is InChI=1S/C12H13NO5/c1-3-18-12(15)9-5-4-6-11(13(16)17)10(9)7-8(2)14/h4-6H,3,7H2,1-2H3. The van der Waals surface area contributed by atoms with Gasteiger partial charge < -0.3 is 4.74 Å². The molecule has 1 aromatic carbocycles. The van der Waals surface area contributed by atoms with E-state index in [0.29, 0.717) is 0 Å². The second-order valence-electron chi connectivity index (χ2n) is 3.66. The Hall–Kier alpha value is -2.24. The third kappa shape index (κ3) is 3.13. The summed E-state index contributed by atoms with van der Waals surface area (Å²) in [6.07, 6.45) is -0.161. The van der Waals surface area contributed by atoms with Gasteiger partial charge in [-0.2, -0.15) is 0 Å². The Kier molecular flexibility index (Phi) is 4.53. The molecule has 1 rings (SSSR count). The van der Waals surface area contributed by atoms with Crippen LogP contribution in [0.2, 0.25) is 0 Å². The molecule has 0 aliphatic carbocycles. The highest BCUT2D eigenvalue weighted by Crippen LogP contribution is 2.23. The van der Waals surface area contributed by atoms with Crippen molar-refractivity contribution in [3.63, 3.8) is 0 Å². The number of carbonyl (C=O) groups is 2. The molecule has 0 saturated heterocycles. The van der Waals surface area contributed by atoms with E-state index in [9.17, 15) is 19.7 Å². The van der Waals surface area contributed by atoms with E-state index in [2.05, 4.69) is 0 Å². The minimum atomic E-state index is -0.655. The number of nitro benzene ring substituents is 1. The zero-order valence-corrected chi connectivity index (χ0v) is 10.1. The molecule has 0 unspecified atom stereocenters. The summed E-state index contributed by atoms with van der Waals surface area (Å²) in [5, 5.41) is 10.9. The average Bonchev–Trinajstić information content (AvgIpc) is 2.28. The molecule has 18 heavy (non-hydrogen) atoms. The fraction of sp³-hybridized carbons (Fsp3) is 0.333. The Morgan fingerprint density at radius 1 is 1.39 bits per heavy atom. The fourth-order valence-electron chi connectivity index (χ4n) is 1.58. The molecule has 0 N–H and O–H groups in total. The fourth-order valence-corrected chi connectivity index (χ4v) is 1.58. The van der Waals surface area contributed by atoms with Crippen molar-refractivity contribution in [2.24, 2.45) is 0 Å². The molecule has 96 valence electrons. The summed E-state index contributed by atoms with van der Waals surface area (Å²) in [5.74, 6) is -0.910. The zero-order valence-electron chi connectivity index (χ0n) is 10.1. The molecule has 0 atom stereocenters. The van der Waals surface area contributed by atoms with E-state index in [-0.39, 0.29) is 35.6 Å². The quantitative estimate of drug-likeness (QED) is 0.453. The molecule has 6 nitrogen and oxygen atoms in total. The first-order valence-electron chi connectivity index (χ1n) is 5.40. The van der Waals surface area contributed by atoms with Crippen molar-refractivity contribution in [1.82, 2.24) is 0 Å². The Morgan fingerprint density at radius 2 is 2.06 bits per heavy atom. The van der Waals surface area contributed by atoms with E-state index in [1.54, 1.807) is 6.92 Å². The van der Waals surface area contributed by atoms with Crippen molar-refractivity contribution in [1.29, 1.82) is 0 Å². The molecule has 0 fully saturated rings. The molecule has 0 bridgehead atoms. The van der Waals surface area contributed by atoms with Gasteiger partial charge in [-0.3, -0.25) is 14.9 Å². The lowest BCUT2D eigenvalue weighted by Crippen LogP contribution is -2.12. The van der Waals surface area contributed by atoms with Crippen molar-refractivity contribution in [3.8, 4) is 0 Å². The van der Waals surface area contributed by atoms with Crippen LogP contribution in [-0.2, 0) is 16.0 Å². The Morgan fingerprint density at radius 3 is 2.56 bits per heavy atom. The number of nitrogens with zero attached hydrogens (tertiary/aromatic N) is 1. The van der Waals surface area contributed by atoms with Crippen molar-refractivity contribution in [2.45, 2.75) is 20.3 Å². The summed E-state index contributed by atoms with van der Waals surface area (Å²) in [7, 11) is 0. The first-order chi connectivity index (χ1) is 8.47. The van der Waals surface area contributed by atoms with Gasteiger partial charge in [0.2, 0.25) is 0 Å². The van der Waals surface area contributed by atoms with Crippen LogP contribution in [0.15, 0.2) is 18.2 Å². The predicted octanol–water partition coefficient (Wildman–Crippen LogP) is 1.90. The summed E-state index contributed by atoms with van der Waals surface area (Å²) < 4.78 is 4.81. The number of ether oxygens (including phenoxy) is 1. The van der Waals surface area contributed by atoms with Gasteiger partial charge in [-0.25, -0.2) is 4.79 Å². The predicted molar refractivity (Wildman–Crippen MR) is 63.4 cm³/mol. The molecule has 0 spiro atoms. The highest BCUT2D eigenvalue weighted by Gasteiger charge is 2.23. The van der Waals surface area contributed by atoms with Gasteiger partial charge in [0.25, 0.3) is 5.69 Å². The smallest absolute Gasteiger partial charge is 0.338 e. The first kappa shape index (κ1) is 13.8. The largest absolute Gasteiger partial charge is 0.462 e. The minimum absolute atomic E-state index is 0.0706. The van der Waals surface area contributed by atoms with E-state index < -0.39 is 10.9 Å². The van der Waals surface area contributed by atoms with Crippen molar-refractivity contribution in [3.05, 3.63) is 39.4 Å². The van der Waals surface area contributed by atoms with Crippen molar-refractivity contribution >= 4 is 17.4 Å². The van der Waals surface area contributed by atoms with Crippen LogP contribution < -0.4 is 0 Å². The van der Waals surface area contributed by atoms with Crippen LogP contribution in [-0.4, -0.2) is 23.3 Å². The van der Waals surface area contributed by atoms with Gasteiger partial charge in [0, 0.05) is 12.5 Å². The summed E-state index contributed by atoms with van der Waals surface area (Å²) >= 11 is 0. The van der Waals surface area contributed by atoms with Crippen LogP contribution in [0.5, 0.6) is 0 Å². The second-order valence-corrected chi connectivity index (χ2v) is 3.66. The van der Waals surface area contributed by atoms with E-state index >= 15 is 0 Å². The molecule has 0 amide bonds. The van der Waals surface area contributed by atoms with Crippen LogP contribution in [0, 0.1) is 10.1 Å².